The van der Waals surface area contributed by atoms with Gasteiger partial charge in [0.25, 0.3) is 0 Å². The van der Waals surface area contributed by atoms with Crippen molar-refractivity contribution in [3.05, 3.63) is 57.3 Å². The van der Waals surface area contributed by atoms with Crippen molar-refractivity contribution in [1.29, 1.82) is 0 Å². The molecule has 1 unspecified atom stereocenters. The van der Waals surface area contributed by atoms with Crippen molar-refractivity contribution in [2.24, 2.45) is 0 Å². The van der Waals surface area contributed by atoms with Gasteiger partial charge in [-0.05, 0) is 54.6 Å². The van der Waals surface area contributed by atoms with Crippen LogP contribution in [0.15, 0.2) is 35.7 Å². The lowest BCUT2D eigenvalue weighted by Crippen LogP contribution is -2.32. The van der Waals surface area contributed by atoms with Crippen LogP contribution in [0.3, 0.4) is 0 Å². The Kier molecular flexibility index (Phi) is 5.27. The third-order valence-electron chi connectivity index (χ3n) is 4.29. The topological polar surface area (TPSA) is 15.3 Å². The zero-order valence-corrected chi connectivity index (χ0v) is 14.4. The quantitative estimate of drug-likeness (QED) is 0.875. The Hall–Kier alpha value is -1.37. The molecule has 1 saturated heterocycles. The fraction of sp³-hybridized carbons (Fsp3) is 0.444. The molecule has 0 bridgehead atoms. The molecule has 1 fully saturated rings. The van der Waals surface area contributed by atoms with Crippen LogP contribution < -0.4 is 5.32 Å². The predicted molar refractivity (Wildman–Crippen MR) is 91.4 cm³/mol. The molecule has 1 aromatic carbocycles. The molecule has 130 valence electrons. The van der Waals surface area contributed by atoms with Crippen molar-refractivity contribution in [1.82, 2.24) is 10.2 Å². The summed E-state index contributed by atoms with van der Waals surface area (Å²) in [6.07, 6.45) is -3.31. The highest BCUT2D eigenvalue weighted by molar-refractivity contribution is 7.10. The lowest BCUT2D eigenvalue weighted by atomic mass is 10.00. The Morgan fingerprint density at radius 3 is 2.71 bits per heavy atom. The summed E-state index contributed by atoms with van der Waals surface area (Å²) in [5, 5.41) is 5.42. The van der Waals surface area contributed by atoms with Gasteiger partial charge in [-0.3, -0.25) is 4.90 Å². The highest BCUT2D eigenvalue weighted by Gasteiger charge is 2.32. The van der Waals surface area contributed by atoms with Crippen LogP contribution in [0.1, 0.15) is 34.0 Å². The largest absolute Gasteiger partial charge is 0.416 e. The van der Waals surface area contributed by atoms with Crippen molar-refractivity contribution in [3.63, 3.8) is 0 Å². The van der Waals surface area contributed by atoms with E-state index in [9.17, 15) is 13.2 Å². The molecule has 0 spiro atoms. The Morgan fingerprint density at radius 1 is 1.17 bits per heavy atom. The monoisotopic (exact) mass is 354 g/mol. The van der Waals surface area contributed by atoms with E-state index in [4.69, 9.17) is 0 Å². The van der Waals surface area contributed by atoms with Crippen molar-refractivity contribution in [2.75, 3.05) is 26.2 Å². The van der Waals surface area contributed by atoms with E-state index in [0.717, 1.165) is 49.1 Å². The third-order valence-corrected chi connectivity index (χ3v) is 5.39. The Balaban J connectivity index is 2.01. The lowest BCUT2D eigenvalue weighted by Gasteiger charge is -2.30. The molecule has 0 amide bonds. The number of benzene rings is 1. The number of alkyl halides is 3. The van der Waals surface area contributed by atoms with E-state index in [1.54, 1.807) is 11.3 Å². The molecule has 24 heavy (non-hydrogen) atoms. The van der Waals surface area contributed by atoms with E-state index in [1.807, 2.05) is 13.0 Å². The first-order chi connectivity index (χ1) is 11.4. The van der Waals surface area contributed by atoms with Crippen LogP contribution in [0.2, 0.25) is 0 Å². The van der Waals surface area contributed by atoms with Crippen LogP contribution in [0.25, 0.3) is 0 Å². The van der Waals surface area contributed by atoms with Gasteiger partial charge in [0.05, 0.1) is 11.6 Å². The summed E-state index contributed by atoms with van der Waals surface area (Å²) in [7, 11) is 0. The van der Waals surface area contributed by atoms with Crippen LogP contribution in [0, 0.1) is 6.92 Å². The molecule has 3 rings (SSSR count). The smallest absolute Gasteiger partial charge is 0.315 e. The fourth-order valence-corrected chi connectivity index (χ4v) is 4.22. The summed E-state index contributed by atoms with van der Waals surface area (Å²) in [6.45, 7) is 5.55. The normalized spacial score (nSPS) is 18.3. The molecule has 2 aromatic rings. The molecular formula is C18H21F3N2S. The van der Waals surface area contributed by atoms with Crippen molar-refractivity contribution in [3.8, 4) is 0 Å². The molecule has 6 heteroatoms. The van der Waals surface area contributed by atoms with Gasteiger partial charge in [0.2, 0.25) is 0 Å². The average molecular weight is 354 g/mol. The second-order valence-electron chi connectivity index (χ2n) is 6.19. The minimum Gasteiger partial charge on any atom is -0.315 e. The van der Waals surface area contributed by atoms with Crippen LogP contribution in [-0.4, -0.2) is 31.1 Å². The number of nitrogens with zero attached hydrogens (tertiary/aromatic N) is 1. The summed E-state index contributed by atoms with van der Waals surface area (Å²) in [6, 6.07) is 7.75. The highest BCUT2D eigenvalue weighted by atomic mass is 32.1. The average Bonchev–Trinajstić information content (AvgIpc) is 2.80. The van der Waals surface area contributed by atoms with Gasteiger partial charge in [0.15, 0.2) is 0 Å². The first kappa shape index (κ1) is 17.5. The van der Waals surface area contributed by atoms with Crippen molar-refractivity contribution in [2.45, 2.75) is 25.6 Å². The molecular weight excluding hydrogens is 333 g/mol. The number of nitrogens with one attached hydrogen (secondary N) is 1. The molecule has 1 aliphatic heterocycles. The Bertz CT molecular complexity index is 673. The molecule has 0 aliphatic carbocycles. The first-order valence-electron chi connectivity index (χ1n) is 8.12. The Labute approximate surface area is 144 Å². The van der Waals surface area contributed by atoms with Crippen molar-refractivity contribution >= 4 is 11.3 Å². The van der Waals surface area contributed by atoms with E-state index in [-0.39, 0.29) is 6.04 Å². The maximum absolute atomic E-state index is 13.1. The van der Waals surface area contributed by atoms with Gasteiger partial charge < -0.3 is 5.32 Å². The van der Waals surface area contributed by atoms with Crippen LogP contribution in [0.4, 0.5) is 13.2 Å². The molecule has 1 aliphatic rings. The fourth-order valence-electron chi connectivity index (χ4n) is 3.16. The molecule has 1 atom stereocenters. The number of halogens is 3. The van der Waals surface area contributed by atoms with Gasteiger partial charge in [-0.2, -0.15) is 13.2 Å². The molecule has 1 aromatic heterocycles. The second-order valence-corrected chi connectivity index (χ2v) is 7.13. The predicted octanol–water partition coefficient (Wildman–Crippen LogP) is 4.46. The van der Waals surface area contributed by atoms with Gasteiger partial charge in [0, 0.05) is 24.5 Å². The number of thiophene rings is 1. The zero-order valence-electron chi connectivity index (χ0n) is 13.6. The zero-order chi connectivity index (χ0) is 17.2. The molecule has 1 N–H and O–H groups in total. The maximum Gasteiger partial charge on any atom is 0.416 e. The second kappa shape index (κ2) is 7.25. The minimum atomic E-state index is -4.31. The summed E-state index contributed by atoms with van der Waals surface area (Å²) < 4.78 is 39.4. The van der Waals surface area contributed by atoms with Gasteiger partial charge in [-0.15, -0.1) is 11.3 Å². The molecule has 0 radical (unpaired) electrons. The molecule has 2 heterocycles. The van der Waals surface area contributed by atoms with E-state index in [1.165, 1.54) is 12.1 Å². The molecule has 0 saturated carbocycles. The number of hydrogen-bond donors (Lipinski definition) is 1. The van der Waals surface area contributed by atoms with Gasteiger partial charge in [-0.1, -0.05) is 12.1 Å². The number of hydrogen-bond acceptors (Lipinski definition) is 3. The lowest BCUT2D eigenvalue weighted by molar-refractivity contribution is -0.137. The van der Waals surface area contributed by atoms with E-state index >= 15 is 0 Å². The standard InChI is InChI=1S/C18H21F3N2S/c1-13-10-16(24-12-13)17(23-8-3-6-22-7-9-23)14-4-2-5-15(11-14)18(19,20)21/h2,4-5,10-12,17,22H,3,6-9H2,1H3. The number of rotatable bonds is 3. The van der Waals surface area contributed by atoms with E-state index in [0.29, 0.717) is 5.56 Å². The van der Waals surface area contributed by atoms with Gasteiger partial charge >= 0.3 is 6.18 Å². The number of aryl methyl sites for hydroxylation is 1. The third kappa shape index (κ3) is 3.99. The summed E-state index contributed by atoms with van der Waals surface area (Å²) >= 11 is 1.62. The highest BCUT2D eigenvalue weighted by Crippen LogP contribution is 2.36. The van der Waals surface area contributed by atoms with Gasteiger partial charge in [0.1, 0.15) is 0 Å². The minimum absolute atomic E-state index is 0.120. The summed E-state index contributed by atoms with van der Waals surface area (Å²) in [4.78, 5) is 3.40. The van der Waals surface area contributed by atoms with E-state index in [2.05, 4.69) is 21.7 Å². The molecule has 2 nitrogen and oxygen atoms in total. The maximum atomic E-state index is 13.1. The Morgan fingerprint density at radius 2 is 2.00 bits per heavy atom. The van der Waals surface area contributed by atoms with Gasteiger partial charge in [-0.25, -0.2) is 0 Å². The van der Waals surface area contributed by atoms with Crippen LogP contribution in [-0.2, 0) is 6.18 Å². The van der Waals surface area contributed by atoms with Crippen molar-refractivity contribution < 1.29 is 13.2 Å². The SMILES string of the molecule is Cc1csc(C(c2cccc(C(F)(F)F)c2)N2CCCNCC2)c1. The van der Waals surface area contributed by atoms with Crippen LogP contribution >= 0.6 is 11.3 Å². The van der Waals surface area contributed by atoms with E-state index < -0.39 is 11.7 Å². The summed E-state index contributed by atoms with van der Waals surface area (Å²) in [5.74, 6) is 0. The summed E-state index contributed by atoms with van der Waals surface area (Å²) in [5.41, 5.74) is 1.29. The first-order valence-corrected chi connectivity index (χ1v) is 9.00. The van der Waals surface area contributed by atoms with Crippen LogP contribution in [0.5, 0.6) is 0 Å².